The normalized spacial score (nSPS) is 10.3. The molecule has 0 fully saturated rings. The summed E-state index contributed by atoms with van der Waals surface area (Å²) in [5.74, 6) is -1.45. The molecule has 2 N–H and O–H groups in total. The number of carboxylic acids is 1. The molecule has 7 nitrogen and oxygen atoms in total. The van der Waals surface area contributed by atoms with Crippen LogP contribution in [0.1, 0.15) is 33.5 Å². The molecule has 1 amide bonds. The maximum atomic E-state index is 12.1. The first-order valence-electron chi connectivity index (χ1n) is 6.04. The molecule has 7 heteroatoms. The van der Waals surface area contributed by atoms with Gasteiger partial charge in [-0.1, -0.05) is 6.92 Å². The second-order valence-corrected chi connectivity index (χ2v) is 4.22. The van der Waals surface area contributed by atoms with Crippen molar-refractivity contribution in [2.45, 2.75) is 13.3 Å². The van der Waals surface area contributed by atoms with E-state index in [4.69, 9.17) is 5.11 Å². The molecule has 0 unspecified atom stereocenters. The number of amides is 1. The highest BCUT2D eigenvalue weighted by molar-refractivity contribution is 6.03. The minimum atomic E-state index is -1.09. The van der Waals surface area contributed by atoms with Crippen LogP contribution in [0.5, 0.6) is 0 Å². The zero-order valence-corrected chi connectivity index (χ0v) is 11.1. The van der Waals surface area contributed by atoms with E-state index in [2.05, 4.69) is 15.4 Å². The SMILES string of the molecule is CCc1cc(C(=O)Nc2cncc(C(=O)O)c2)n(C)n1. The van der Waals surface area contributed by atoms with E-state index >= 15 is 0 Å². The number of nitrogens with zero attached hydrogens (tertiary/aromatic N) is 3. The molecule has 20 heavy (non-hydrogen) atoms. The molecule has 0 aromatic carbocycles. The topological polar surface area (TPSA) is 97.1 Å². The lowest BCUT2D eigenvalue weighted by Crippen LogP contribution is -2.16. The summed E-state index contributed by atoms with van der Waals surface area (Å²) in [6.07, 6.45) is 3.34. The van der Waals surface area contributed by atoms with Gasteiger partial charge in [-0.15, -0.1) is 0 Å². The minimum absolute atomic E-state index is 0.0158. The van der Waals surface area contributed by atoms with Gasteiger partial charge in [0, 0.05) is 13.2 Å². The van der Waals surface area contributed by atoms with E-state index in [1.165, 1.54) is 23.1 Å². The molecule has 0 aliphatic heterocycles. The summed E-state index contributed by atoms with van der Waals surface area (Å²) >= 11 is 0. The van der Waals surface area contributed by atoms with Crippen LogP contribution in [0, 0.1) is 0 Å². The van der Waals surface area contributed by atoms with Crippen molar-refractivity contribution in [3.63, 3.8) is 0 Å². The minimum Gasteiger partial charge on any atom is -0.478 e. The van der Waals surface area contributed by atoms with Gasteiger partial charge < -0.3 is 10.4 Å². The van der Waals surface area contributed by atoms with Gasteiger partial charge in [0.15, 0.2) is 0 Å². The highest BCUT2D eigenvalue weighted by Crippen LogP contribution is 2.11. The molecule has 2 rings (SSSR count). The van der Waals surface area contributed by atoms with Gasteiger partial charge in [0.05, 0.1) is 23.1 Å². The first kappa shape index (κ1) is 13.7. The zero-order chi connectivity index (χ0) is 14.7. The average molecular weight is 274 g/mol. The number of carbonyl (C=O) groups excluding carboxylic acids is 1. The number of anilines is 1. The van der Waals surface area contributed by atoms with E-state index in [1.807, 2.05) is 6.92 Å². The lowest BCUT2D eigenvalue weighted by molar-refractivity contribution is 0.0696. The number of hydrogen-bond donors (Lipinski definition) is 2. The fourth-order valence-electron chi connectivity index (χ4n) is 1.73. The maximum absolute atomic E-state index is 12.1. The van der Waals surface area contributed by atoms with E-state index in [0.717, 1.165) is 12.1 Å². The lowest BCUT2D eigenvalue weighted by atomic mass is 10.2. The quantitative estimate of drug-likeness (QED) is 0.876. The molecule has 0 aliphatic rings. The summed E-state index contributed by atoms with van der Waals surface area (Å²) in [5.41, 5.74) is 1.56. The third-order valence-electron chi connectivity index (χ3n) is 2.77. The number of carbonyl (C=O) groups is 2. The molecule has 104 valence electrons. The average Bonchev–Trinajstić information content (AvgIpc) is 2.80. The van der Waals surface area contributed by atoms with Crippen LogP contribution in [-0.4, -0.2) is 31.7 Å². The molecular weight excluding hydrogens is 260 g/mol. The van der Waals surface area contributed by atoms with Crippen LogP contribution >= 0.6 is 0 Å². The van der Waals surface area contributed by atoms with Crippen molar-refractivity contribution in [2.75, 3.05) is 5.32 Å². The Bertz CT molecular complexity index is 663. The Morgan fingerprint density at radius 3 is 2.70 bits per heavy atom. The van der Waals surface area contributed by atoms with Crippen LogP contribution in [-0.2, 0) is 13.5 Å². The second kappa shape index (κ2) is 5.52. The highest BCUT2D eigenvalue weighted by Gasteiger charge is 2.13. The molecule has 0 radical (unpaired) electrons. The van der Waals surface area contributed by atoms with Crippen LogP contribution in [0.2, 0.25) is 0 Å². The van der Waals surface area contributed by atoms with Gasteiger partial charge in [0.1, 0.15) is 5.69 Å². The molecular formula is C13H14N4O3. The van der Waals surface area contributed by atoms with Crippen molar-refractivity contribution in [3.05, 3.63) is 41.5 Å². The van der Waals surface area contributed by atoms with Gasteiger partial charge in [-0.2, -0.15) is 5.10 Å². The Kier molecular flexibility index (Phi) is 3.79. The number of aromatic nitrogens is 3. The van der Waals surface area contributed by atoms with Crippen LogP contribution < -0.4 is 5.32 Å². The first-order chi connectivity index (χ1) is 9.51. The highest BCUT2D eigenvalue weighted by atomic mass is 16.4. The summed E-state index contributed by atoms with van der Waals surface area (Å²) < 4.78 is 1.49. The van der Waals surface area contributed by atoms with Crippen LogP contribution in [0.15, 0.2) is 24.5 Å². The van der Waals surface area contributed by atoms with Crippen molar-refractivity contribution in [1.29, 1.82) is 0 Å². The van der Waals surface area contributed by atoms with Crippen molar-refractivity contribution in [2.24, 2.45) is 7.05 Å². The predicted octanol–water partition coefficient (Wildman–Crippen LogP) is 1.33. The molecule has 2 aromatic heterocycles. The Balaban J connectivity index is 2.21. The molecule has 0 aliphatic carbocycles. The maximum Gasteiger partial charge on any atom is 0.337 e. The molecule has 0 saturated heterocycles. The molecule has 0 atom stereocenters. The number of aryl methyl sites for hydroxylation is 2. The second-order valence-electron chi connectivity index (χ2n) is 4.22. The Hall–Kier alpha value is -2.70. The fourth-order valence-corrected chi connectivity index (χ4v) is 1.73. The van der Waals surface area contributed by atoms with Gasteiger partial charge in [0.2, 0.25) is 0 Å². The largest absolute Gasteiger partial charge is 0.478 e. The van der Waals surface area contributed by atoms with Crippen LogP contribution in [0.4, 0.5) is 5.69 Å². The zero-order valence-electron chi connectivity index (χ0n) is 11.1. The number of aromatic carboxylic acids is 1. The summed E-state index contributed by atoms with van der Waals surface area (Å²) in [7, 11) is 1.68. The van der Waals surface area contributed by atoms with Gasteiger partial charge in [-0.05, 0) is 18.6 Å². The van der Waals surface area contributed by atoms with E-state index in [1.54, 1.807) is 13.1 Å². The van der Waals surface area contributed by atoms with Crippen molar-refractivity contribution in [3.8, 4) is 0 Å². The van der Waals surface area contributed by atoms with Gasteiger partial charge >= 0.3 is 5.97 Å². The predicted molar refractivity (Wildman–Crippen MR) is 71.7 cm³/mol. The number of carboxylic acid groups (broad SMARTS) is 1. The third kappa shape index (κ3) is 2.82. The van der Waals surface area contributed by atoms with Crippen molar-refractivity contribution >= 4 is 17.6 Å². The summed E-state index contributed by atoms with van der Waals surface area (Å²) in [5, 5.41) is 15.7. The Labute approximate surface area is 115 Å². The Morgan fingerprint density at radius 2 is 2.10 bits per heavy atom. The van der Waals surface area contributed by atoms with Gasteiger partial charge in [0.25, 0.3) is 5.91 Å². The standard InChI is InChI=1S/C13H14N4O3/c1-3-9-5-11(17(2)16-9)12(18)15-10-4-8(13(19)20)6-14-7-10/h4-7H,3H2,1-2H3,(H,15,18)(H,19,20). The lowest BCUT2D eigenvalue weighted by Gasteiger charge is -2.05. The molecule has 2 aromatic rings. The summed E-state index contributed by atoms with van der Waals surface area (Å²) in [6.45, 7) is 1.95. The van der Waals surface area contributed by atoms with Crippen molar-refractivity contribution in [1.82, 2.24) is 14.8 Å². The molecule has 0 bridgehead atoms. The number of pyridine rings is 1. The number of rotatable bonds is 4. The van der Waals surface area contributed by atoms with E-state index in [-0.39, 0.29) is 11.5 Å². The first-order valence-corrected chi connectivity index (χ1v) is 6.04. The van der Waals surface area contributed by atoms with Crippen molar-refractivity contribution < 1.29 is 14.7 Å². The monoisotopic (exact) mass is 274 g/mol. The Morgan fingerprint density at radius 1 is 1.35 bits per heavy atom. The van der Waals surface area contributed by atoms with E-state index < -0.39 is 5.97 Å². The van der Waals surface area contributed by atoms with E-state index in [0.29, 0.717) is 11.4 Å². The van der Waals surface area contributed by atoms with Crippen LogP contribution in [0.25, 0.3) is 0 Å². The molecule has 2 heterocycles. The van der Waals surface area contributed by atoms with Gasteiger partial charge in [-0.3, -0.25) is 14.5 Å². The van der Waals surface area contributed by atoms with E-state index in [9.17, 15) is 9.59 Å². The van der Waals surface area contributed by atoms with Gasteiger partial charge in [-0.25, -0.2) is 4.79 Å². The molecule has 0 saturated carbocycles. The fraction of sp³-hybridized carbons (Fsp3) is 0.231. The third-order valence-corrected chi connectivity index (χ3v) is 2.77. The molecule has 0 spiro atoms. The van der Waals surface area contributed by atoms with Crippen LogP contribution in [0.3, 0.4) is 0 Å². The number of hydrogen-bond acceptors (Lipinski definition) is 4. The number of nitrogens with one attached hydrogen (secondary N) is 1. The summed E-state index contributed by atoms with van der Waals surface area (Å²) in [6, 6.07) is 3.05. The smallest absolute Gasteiger partial charge is 0.337 e. The summed E-state index contributed by atoms with van der Waals surface area (Å²) in [4.78, 5) is 26.7.